The van der Waals surface area contributed by atoms with Gasteiger partial charge in [-0.25, -0.2) is 18.3 Å². The summed E-state index contributed by atoms with van der Waals surface area (Å²) in [5.41, 5.74) is -0.996. The number of nitro groups is 1. The molecule has 4 aromatic rings. The first-order valence-corrected chi connectivity index (χ1v) is 9.35. The molecule has 2 aromatic carbocycles. The van der Waals surface area contributed by atoms with Crippen LogP contribution in [0, 0.1) is 15.9 Å². The van der Waals surface area contributed by atoms with Crippen molar-refractivity contribution in [3.63, 3.8) is 0 Å². The van der Waals surface area contributed by atoms with E-state index in [-0.39, 0.29) is 22.6 Å². The third-order valence-electron chi connectivity index (χ3n) is 4.75. The summed E-state index contributed by atoms with van der Waals surface area (Å²) < 4.78 is 46.9. The Morgan fingerprint density at radius 2 is 1.91 bits per heavy atom. The maximum Gasteiger partial charge on any atom is 0.306 e. The average molecular weight is 457 g/mol. The molecule has 4 rings (SSSR count). The molecule has 1 N–H and O–H groups in total. The molecule has 0 aliphatic heterocycles. The van der Waals surface area contributed by atoms with Crippen molar-refractivity contribution >= 4 is 22.9 Å². The smallest absolute Gasteiger partial charge is 0.306 e. The first kappa shape index (κ1) is 21.7. The van der Waals surface area contributed by atoms with Gasteiger partial charge in [-0.2, -0.15) is 9.49 Å². The Hall–Kier alpha value is -4.48. The summed E-state index contributed by atoms with van der Waals surface area (Å²) in [6.07, 6.45) is -1.86. The van der Waals surface area contributed by atoms with Crippen molar-refractivity contribution in [3.8, 4) is 17.0 Å². The minimum absolute atomic E-state index is 0.0622. The molecule has 2 aromatic heterocycles. The van der Waals surface area contributed by atoms with E-state index >= 15 is 0 Å². The van der Waals surface area contributed by atoms with Crippen LogP contribution in [0.2, 0.25) is 0 Å². The van der Waals surface area contributed by atoms with E-state index in [1.807, 2.05) is 0 Å². The molecule has 0 radical (unpaired) electrons. The quantitative estimate of drug-likeness (QED) is 0.333. The first-order valence-electron chi connectivity index (χ1n) is 9.35. The number of nitrogens with one attached hydrogen (secondary N) is 1. The first-order chi connectivity index (χ1) is 15.8. The molecule has 33 heavy (non-hydrogen) atoms. The number of amides is 1. The lowest BCUT2D eigenvalue weighted by molar-refractivity contribution is -0.387. The molecule has 0 unspecified atom stereocenters. The number of ether oxygens (including phenoxy) is 1. The van der Waals surface area contributed by atoms with Crippen LogP contribution in [-0.2, 0) is 0 Å². The van der Waals surface area contributed by atoms with Crippen LogP contribution < -0.4 is 10.1 Å². The van der Waals surface area contributed by atoms with E-state index in [0.717, 1.165) is 35.0 Å². The van der Waals surface area contributed by atoms with E-state index in [1.54, 1.807) is 24.3 Å². The van der Waals surface area contributed by atoms with Gasteiger partial charge in [-0.15, -0.1) is 0 Å². The SMILES string of the molecule is COc1ccc(-c2cc(C(F)F)n3ncc(C(=O)Nc4ccc(F)c([N+](=O)[O-])c4)c3n2)cc1. The minimum atomic E-state index is -2.91. The summed E-state index contributed by atoms with van der Waals surface area (Å²) in [6, 6.07) is 10.5. The van der Waals surface area contributed by atoms with E-state index in [9.17, 15) is 28.1 Å². The molecule has 0 spiro atoms. The Balaban J connectivity index is 1.76. The van der Waals surface area contributed by atoms with Crippen LogP contribution in [-0.4, -0.2) is 32.5 Å². The lowest BCUT2D eigenvalue weighted by Crippen LogP contribution is -2.13. The van der Waals surface area contributed by atoms with Gasteiger partial charge < -0.3 is 10.1 Å². The fourth-order valence-corrected chi connectivity index (χ4v) is 3.14. The Morgan fingerprint density at radius 3 is 2.55 bits per heavy atom. The molecule has 0 bridgehead atoms. The van der Waals surface area contributed by atoms with Crippen LogP contribution in [0.5, 0.6) is 5.75 Å². The second-order valence-corrected chi connectivity index (χ2v) is 6.77. The van der Waals surface area contributed by atoms with Crippen molar-refractivity contribution in [2.75, 3.05) is 12.4 Å². The Kier molecular flexibility index (Phi) is 5.65. The van der Waals surface area contributed by atoms with Gasteiger partial charge in [-0.3, -0.25) is 14.9 Å². The van der Waals surface area contributed by atoms with Gasteiger partial charge in [-0.1, -0.05) is 0 Å². The second kappa shape index (κ2) is 8.57. The van der Waals surface area contributed by atoms with Crippen molar-refractivity contribution in [2.45, 2.75) is 6.43 Å². The second-order valence-electron chi connectivity index (χ2n) is 6.77. The number of halogens is 3. The Labute approximate surface area is 183 Å². The highest BCUT2D eigenvalue weighted by Gasteiger charge is 2.22. The topological polar surface area (TPSA) is 112 Å². The van der Waals surface area contributed by atoms with Crippen molar-refractivity contribution in [3.05, 3.63) is 81.9 Å². The number of aromatic nitrogens is 3. The summed E-state index contributed by atoms with van der Waals surface area (Å²) in [6.45, 7) is 0. The van der Waals surface area contributed by atoms with Crippen molar-refractivity contribution in [1.82, 2.24) is 14.6 Å². The van der Waals surface area contributed by atoms with E-state index < -0.39 is 34.5 Å². The zero-order valence-electron chi connectivity index (χ0n) is 16.8. The summed E-state index contributed by atoms with van der Waals surface area (Å²) in [7, 11) is 1.49. The minimum Gasteiger partial charge on any atom is -0.497 e. The Morgan fingerprint density at radius 1 is 1.18 bits per heavy atom. The third-order valence-corrected chi connectivity index (χ3v) is 4.75. The van der Waals surface area contributed by atoms with Crippen molar-refractivity contribution in [2.24, 2.45) is 0 Å². The maximum absolute atomic E-state index is 13.7. The van der Waals surface area contributed by atoms with Crippen LogP contribution >= 0.6 is 0 Å². The van der Waals surface area contributed by atoms with Crippen LogP contribution in [0.15, 0.2) is 54.7 Å². The number of carbonyl (C=O) groups excluding carboxylic acids is 1. The molecule has 12 heteroatoms. The van der Waals surface area contributed by atoms with E-state index in [2.05, 4.69) is 15.4 Å². The lowest BCUT2D eigenvalue weighted by Gasteiger charge is -2.09. The number of fused-ring (bicyclic) bond motifs is 1. The number of carbonyl (C=O) groups is 1. The van der Waals surface area contributed by atoms with Gasteiger partial charge in [0.05, 0.1) is 23.9 Å². The number of nitro benzene ring substituents is 1. The Bertz CT molecular complexity index is 1370. The molecule has 0 fully saturated rings. The molecule has 1 amide bonds. The van der Waals surface area contributed by atoms with Gasteiger partial charge in [0, 0.05) is 17.3 Å². The van der Waals surface area contributed by atoms with Crippen LogP contribution in [0.3, 0.4) is 0 Å². The fraction of sp³-hybridized carbons (Fsp3) is 0.0952. The normalized spacial score (nSPS) is 11.1. The van der Waals surface area contributed by atoms with Crippen LogP contribution in [0.1, 0.15) is 22.5 Å². The fourth-order valence-electron chi connectivity index (χ4n) is 3.14. The summed E-state index contributed by atoms with van der Waals surface area (Å²) in [5.74, 6) is -1.32. The lowest BCUT2D eigenvalue weighted by atomic mass is 10.1. The highest BCUT2D eigenvalue weighted by atomic mass is 19.3. The molecule has 0 aliphatic carbocycles. The number of benzene rings is 2. The number of alkyl halides is 2. The third kappa shape index (κ3) is 4.18. The number of hydrogen-bond donors (Lipinski definition) is 1. The highest BCUT2D eigenvalue weighted by Crippen LogP contribution is 2.28. The molecular formula is C21H14F3N5O4. The van der Waals surface area contributed by atoms with Crippen LogP contribution in [0.4, 0.5) is 24.5 Å². The average Bonchev–Trinajstić information content (AvgIpc) is 3.23. The van der Waals surface area contributed by atoms with Gasteiger partial charge in [-0.05, 0) is 42.5 Å². The molecule has 168 valence electrons. The highest BCUT2D eigenvalue weighted by molar-refractivity contribution is 6.08. The number of nitrogens with zero attached hydrogens (tertiary/aromatic N) is 4. The van der Waals surface area contributed by atoms with Gasteiger partial charge in [0.15, 0.2) is 5.65 Å². The van der Waals surface area contributed by atoms with Crippen molar-refractivity contribution in [1.29, 1.82) is 0 Å². The molecule has 0 saturated carbocycles. The van der Waals surface area contributed by atoms with Gasteiger partial charge in [0.25, 0.3) is 12.3 Å². The standard InChI is InChI=1S/C21H14F3N5O4/c1-33-13-5-2-11(3-6-13)16-9-18(19(23)24)28-20(27-16)14(10-25-28)21(30)26-12-4-7-15(22)17(8-12)29(31)32/h2-10,19H,1H3,(H,26,30). The summed E-state index contributed by atoms with van der Waals surface area (Å²) >= 11 is 0. The number of hydrogen-bond acceptors (Lipinski definition) is 6. The summed E-state index contributed by atoms with van der Waals surface area (Å²) in [5, 5.41) is 17.2. The maximum atomic E-state index is 13.7. The van der Waals surface area contributed by atoms with Gasteiger partial charge in [0.2, 0.25) is 5.82 Å². The van der Waals surface area contributed by atoms with Gasteiger partial charge >= 0.3 is 5.69 Å². The molecule has 9 nitrogen and oxygen atoms in total. The monoisotopic (exact) mass is 457 g/mol. The molecule has 0 aliphatic rings. The van der Waals surface area contributed by atoms with E-state index in [1.165, 1.54) is 7.11 Å². The van der Waals surface area contributed by atoms with Gasteiger partial charge in [0.1, 0.15) is 17.0 Å². The van der Waals surface area contributed by atoms with E-state index in [4.69, 9.17) is 4.74 Å². The van der Waals surface area contributed by atoms with Crippen molar-refractivity contribution < 1.29 is 27.6 Å². The zero-order valence-corrected chi connectivity index (χ0v) is 16.8. The van der Waals surface area contributed by atoms with Crippen LogP contribution in [0.25, 0.3) is 16.9 Å². The van der Waals surface area contributed by atoms with E-state index in [0.29, 0.717) is 11.3 Å². The zero-order chi connectivity index (χ0) is 23.7. The summed E-state index contributed by atoms with van der Waals surface area (Å²) in [4.78, 5) is 27.1. The molecule has 0 saturated heterocycles. The molecule has 2 heterocycles. The number of anilines is 1. The molecule has 0 atom stereocenters. The molecular weight excluding hydrogens is 443 g/mol. The number of methoxy groups -OCH3 is 1. The predicted octanol–water partition coefficient (Wildman–Crippen LogP) is 4.64. The number of rotatable bonds is 6. The predicted molar refractivity (Wildman–Crippen MR) is 111 cm³/mol. The largest absolute Gasteiger partial charge is 0.497 e.